The zero-order valence-electron chi connectivity index (χ0n) is 15.6. The fourth-order valence-corrected chi connectivity index (χ4v) is 3.74. The predicted molar refractivity (Wildman–Crippen MR) is 98.5 cm³/mol. The molecule has 4 nitrogen and oxygen atoms in total. The third-order valence-corrected chi connectivity index (χ3v) is 5.06. The quantitative estimate of drug-likeness (QED) is 0.834. The SMILES string of the molecule is CCC(CC)C(CNC(=O)c1cc(C)cc(C)c1)N1CCOCC1. The maximum Gasteiger partial charge on any atom is 0.251 e. The van der Waals surface area contributed by atoms with Crippen LogP contribution in [0.25, 0.3) is 0 Å². The fraction of sp³-hybridized carbons (Fsp3) is 0.650. The van der Waals surface area contributed by atoms with E-state index in [4.69, 9.17) is 4.74 Å². The molecule has 1 aliphatic heterocycles. The number of benzene rings is 1. The Morgan fingerprint density at radius 2 is 1.71 bits per heavy atom. The highest BCUT2D eigenvalue weighted by atomic mass is 16.5. The first-order valence-corrected chi connectivity index (χ1v) is 9.23. The van der Waals surface area contributed by atoms with Gasteiger partial charge in [-0.25, -0.2) is 0 Å². The minimum atomic E-state index is 0.0333. The molecule has 134 valence electrons. The van der Waals surface area contributed by atoms with Crippen LogP contribution < -0.4 is 5.32 Å². The van der Waals surface area contributed by atoms with E-state index >= 15 is 0 Å². The summed E-state index contributed by atoms with van der Waals surface area (Å²) < 4.78 is 5.49. The van der Waals surface area contributed by atoms with E-state index in [1.165, 1.54) is 0 Å². The number of ether oxygens (including phenoxy) is 1. The van der Waals surface area contributed by atoms with Crippen molar-refractivity contribution in [3.05, 3.63) is 34.9 Å². The number of hydrogen-bond donors (Lipinski definition) is 1. The van der Waals surface area contributed by atoms with Gasteiger partial charge in [0.25, 0.3) is 5.91 Å². The van der Waals surface area contributed by atoms with Crippen molar-refractivity contribution in [2.24, 2.45) is 5.92 Å². The predicted octanol–water partition coefficient (Wildman–Crippen LogP) is 3.17. The summed E-state index contributed by atoms with van der Waals surface area (Å²) in [6.07, 6.45) is 2.27. The Hall–Kier alpha value is -1.39. The van der Waals surface area contributed by atoms with Crippen molar-refractivity contribution < 1.29 is 9.53 Å². The molecule has 1 amide bonds. The first-order chi connectivity index (χ1) is 11.5. The van der Waals surface area contributed by atoms with Gasteiger partial charge in [0.15, 0.2) is 0 Å². The second-order valence-corrected chi connectivity index (χ2v) is 6.88. The molecule has 0 aromatic heterocycles. The van der Waals surface area contributed by atoms with Gasteiger partial charge in [0.05, 0.1) is 13.2 Å². The van der Waals surface area contributed by atoms with Gasteiger partial charge in [0.1, 0.15) is 0 Å². The number of carbonyl (C=O) groups is 1. The van der Waals surface area contributed by atoms with E-state index < -0.39 is 0 Å². The van der Waals surface area contributed by atoms with E-state index in [0.29, 0.717) is 18.5 Å². The Morgan fingerprint density at radius 1 is 1.12 bits per heavy atom. The maximum absolute atomic E-state index is 12.6. The molecule has 24 heavy (non-hydrogen) atoms. The molecule has 4 heteroatoms. The van der Waals surface area contributed by atoms with Crippen LogP contribution in [0.1, 0.15) is 48.2 Å². The lowest BCUT2D eigenvalue weighted by Gasteiger charge is -2.38. The molecule has 1 saturated heterocycles. The summed E-state index contributed by atoms with van der Waals surface area (Å²) in [4.78, 5) is 15.1. The van der Waals surface area contributed by atoms with Crippen LogP contribution in [-0.4, -0.2) is 49.7 Å². The largest absolute Gasteiger partial charge is 0.379 e. The molecule has 0 spiro atoms. The van der Waals surface area contributed by atoms with E-state index in [1.54, 1.807) is 0 Å². The van der Waals surface area contributed by atoms with E-state index in [9.17, 15) is 4.79 Å². The van der Waals surface area contributed by atoms with Crippen molar-refractivity contribution in [2.45, 2.75) is 46.6 Å². The van der Waals surface area contributed by atoms with Gasteiger partial charge in [-0.2, -0.15) is 0 Å². The highest BCUT2D eigenvalue weighted by Crippen LogP contribution is 2.20. The summed E-state index contributed by atoms with van der Waals surface area (Å²) in [7, 11) is 0. The molecule has 1 atom stereocenters. The number of rotatable bonds is 7. The number of morpholine rings is 1. The van der Waals surface area contributed by atoms with Crippen LogP contribution in [0.2, 0.25) is 0 Å². The normalized spacial score (nSPS) is 17.0. The van der Waals surface area contributed by atoms with E-state index in [2.05, 4.69) is 30.1 Å². The molecule has 1 aromatic carbocycles. The van der Waals surface area contributed by atoms with E-state index in [-0.39, 0.29) is 5.91 Å². The standard InChI is InChI=1S/C20H32N2O2/c1-5-17(6-2)19(22-7-9-24-10-8-22)14-21-20(23)18-12-15(3)11-16(4)13-18/h11-13,17,19H,5-10,14H2,1-4H3,(H,21,23). The Bertz CT molecular complexity index is 514. The Labute approximate surface area is 146 Å². The maximum atomic E-state index is 12.6. The topological polar surface area (TPSA) is 41.6 Å². The number of hydrogen-bond acceptors (Lipinski definition) is 3. The molecule has 2 rings (SSSR count). The van der Waals surface area contributed by atoms with Crippen LogP contribution in [0.15, 0.2) is 18.2 Å². The lowest BCUT2D eigenvalue weighted by Crippen LogP contribution is -2.52. The van der Waals surface area contributed by atoms with Gasteiger partial charge in [-0.1, -0.05) is 43.9 Å². The third kappa shape index (κ3) is 5.05. The van der Waals surface area contributed by atoms with Crippen LogP contribution in [0, 0.1) is 19.8 Å². The Morgan fingerprint density at radius 3 is 2.25 bits per heavy atom. The minimum Gasteiger partial charge on any atom is -0.379 e. The number of aryl methyl sites for hydroxylation is 2. The molecule has 0 saturated carbocycles. The monoisotopic (exact) mass is 332 g/mol. The van der Waals surface area contributed by atoms with Crippen molar-refractivity contribution in [1.29, 1.82) is 0 Å². The first-order valence-electron chi connectivity index (χ1n) is 9.23. The molecule has 1 heterocycles. The lowest BCUT2D eigenvalue weighted by atomic mass is 9.92. The van der Waals surface area contributed by atoms with Crippen molar-refractivity contribution in [3.8, 4) is 0 Å². The van der Waals surface area contributed by atoms with E-state index in [0.717, 1.165) is 55.8 Å². The summed E-state index contributed by atoms with van der Waals surface area (Å²) in [5.74, 6) is 0.633. The second-order valence-electron chi connectivity index (χ2n) is 6.88. The van der Waals surface area contributed by atoms with Crippen LogP contribution in [-0.2, 0) is 4.74 Å². The van der Waals surface area contributed by atoms with Crippen LogP contribution in [0.5, 0.6) is 0 Å². The van der Waals surface area contributed by atoms with Crippen LogP contribution in [0.4, 0.5) is 0 Å². The highest BCUT2D eigenvalue weighted by Gasteiger charge is 2.27. The lowest BCUT2D eigenvalue weighted by molar-refractivity contribution is 0.00191. The Kier molecular flexibility index (Phi) is 7.25. The van der Waals surface area contributed by atoms with Crippen LogP contribution in [0.3, 0.4) is 0 Å². The van der Waals surface area contributed by atoms with Crippen LogP contribution >= 0.6 is 0 Å². The molecule has 1 N–H and O–H groups in total. The molecule has 0 bridgehead atoms. The molecule has 0 aliphatic carbocycles. The van der Waals surface area contributed by atoms with Gasteiger partial charge < -0.3 is 10.1 Å². The summed E-state index contributed by atoms with van der Waals surface area (Å²) in [5, 5.41) is 3.18. The van der Waals surface area contributed by atoms with Crippen molar-refractivity contribution in [3.63, 3.8) is 0 Å². The van der Waals surface area contributed by atoms with Gasteiger partial charge in [-0.15, -0.1) is 0 Å². The third-order valence-electron chi connectivity index (χ3n) is 5.06. The summed E-state index contributed by atoms with van der Waals surface area (Å²) in [6.45, 7) is 12.8. The molecule has 1 aromatic rings. The average Bonchev–Trinajstić information content (AvgIpc) is 2.58. The van der Waals surface area contributed by atoms with Gasteiger partial charge in [-0.05, 0) is 31.9 Å². The minimum absolute atomic E-state index is 0.0333. The summed E-state index contributed by atoms with van der Waals surface area (Å²) in [6, 6.07) is 6.41. The molecule has 1 unspecified atom stereocenters. The van der Waals surface area contributed by atoms with Crippen molar-refractivity contribution >= 4 is 5.91 Å². The fourth-order valence-electron chi connectivity index (χ4n) is 3.74. The van der Waals surface area contributed by atoms with Gasteiger partial charge >= 0.3 is 0 Å². The summed E-state index contributed by atoms with van der Waals surface area (Å²) in [5.41, 5.74) is 3.02. The zero-order valence-corrected chi connectivity index (χ0v) is 15.6. The zero-order chi connectivity index (χ0) is 17.5. The van der Waals surface area contributed by atoms with Crippen molar-refractivity contribution in [2.75, 3.05) is 32.8 Å². The molecule has 1 fully saturated rings. The second kappa shape index (κ2) is 9.19. The van der Waals surface area contributed by atoms with Gasteiger partial charge in [-0.3, -0.25) is 9.69 Å². The number of nitrogens with one attached hydrogen (secondary N) is 1. The van der Waals surface area contributed by atoms with Crippen molar-refractivity contribution in [1.82, 2.24) is 10.2 Å². The highest BCUT2D eigenvalue weighted by molar-refractivity contribution is 5.94. The smallest absolute Gasteiger partial charge is 0.251 e. The molecular weight excluding hydrogens is 300 g/mol. The van der Waals surface area contributed by atoms with Gasteiger partial charge in [0, 0.05) is 31.2 Å². The molecule has 1 aliphatic rings. The molecular formula is C20H32N2O2. The Balaban J connectivity index is 2.04. The number of carbonyl (C=O) groups excluding carboxylic acids is 1. The average molecular weight is 332 g/mol. The summed E-state index contributed by atoms with van der Waals surface area (Å²) >= 11 is 0. The van der Waals surface area contributed by atoms with E-state index in [1.807, 2.05) is 26.0 Å². The number of nitrogens with zero attached hydrogens (tertiary/aromatic N) is 1. The number of amides is 1. The molecule has 0 radical (unpaired) electrons. The van der Waals surface area contributed by atoms with Gasteiger partial charge in [0.2, 0.25) is 0 Å². The first kappa shape index (κ1) is 18.9.